The first-order valence-corrected chi connectivity index (χ1v) is 10.2. The van der Waals surface area contributed by atoms with E-state index in [1.54, 1.807) is 6.07 Å². The van der Waals surface area contributed by atoms with Crippen LogP contribution in [0.3, 0.4) is 0 Å². The molecule has 0 saturated carbocycles. The molecule has 0 aliphatic heterocycles. The standard InChI is InChI=1S/C18H18FN5O6S/c1-29-14(8-30-31(20,27)28)16(25)18(26)24-10-23-15-13(21-9-22-17(15)24)6-5-11-3-2-4-12(19)7-11/h2-4,7,9-10,14,16,18,25-26H,8H2,1H3,(H2,20,27,28)/t14-,16-,18-/m1/s1. The SMILES string of the molecule is CO[C@H](COS(N)(=O)=O)[C@@H](O)[C@@H](O)n1cnc2c(C#Cc3cccc(F)c3)ncnc21. The number of aliphatic hydroxyl groups excluding tert-OH is 2. The maximum Gasteiger partial charge on any atom is 0.333 e. The summed E-state index contributed by atoms with van der Waals surface area (Å²) < 4.78 is 45.8. The lowest BCUT2D eigenvalue weighted by molar-refractivity contribution is -0.112. The molecule has 0 bridgehead atoms. The smallest absolute Gasteiger partial charge is 0.333 e. The molecule has 0 saturated heterocycles. The molecule has 0 radical (unpaired) electrons. The molecule has 31 heavy (non-hydrogen) atoms. The first-order chi connectivity index (χ1) is 14.7. The fourth-order valence-corrected chi connectivity index (χ4v) is 2.98. The molecule has 164 valence electrons. The molecular weight excluding hydrogens is 433 g/mol. The largest absolute Gasteiger partial charge is 0.386 e. The number of methoxy groups -OCH3 is 1. The first-order valence-electron chi connectivity index (χ1n) is 8.71. The number of ether oxygens (including phenoxy) is 1. The number of halogens is 1. The summed E-state index contributed by atoms with van der Waals surface area (Å²) in [6.45, 7) is -0.625. The highest BCUT2D eigenvalue weighted by Crippen LogP contribution is 2.21. The Balaban J connectivity index is 1.88. The molecule has 2 aromatic heterocycles. The number of imidazole rings is 1. The summed E-state index contributed by atoms with van der Waals surface area (Å²) in [4.78, 5) is 12.2. The number of nitrogens with zero attached hydrogens (tertiary/aromatic N) is 4. The number of hydrogen-bond acceptors (Lipinski definition) is 9. The number of fused-ring (bicyclic) bond motifs is 1. The maximum atomic E-state index is 13.3. The van der Waals surface area contributed by atoms with Gasteiger partial charge < -0.3 is 14.9 Å². The van der Waals surface area contributed by atoms with Gasteiger partial charge in [-0.05, 0) is 24.1 Å². The molecule has 3 atom stereocenters. The molecule has 3 aromatic rings. The number of nitrogens with two attached hydrogens (primary N) is 1. The van der Waals surface area contributed by atoms with E-state index >= 15 is 0 Å². The van der Waals surface area contributed by atoms with Crippen LogP contribution in [0.1, 0.15) is 17.5 Å². The Bertz CT molecular complexity index is 1240. The lowest BCUT2D eigenvalue weighted by Crippen LogP contribution is -2.40. The van der Waals surface area contributed by atoms with Crippen LogP contribution in [-0.2, 0) is 19.2 Å². The normalized spacial score (nSPS) is 14.6. The van der Waals surface area contributed by atoms with Crippen molar-refractivity contribution in [2.24, 2.45) is 5.14 Å². The third-order valence-corrected chi connectivity index (χ3v) is 4.64. The van der Waals surface area contributed by atoms with Gasteiger partial charge in [-0.2, -0.15) is 8.42 Å². The summed E-state index contributed by atoms with van der Waals surface area (Å²) in [5, 5.41) is 25.7. The van der Waals surface area contributed by atoms with Gasteiger partial charge in [-0.25, -0.2) is 24.5 Å². The van der Waals surface area contributed by atoms with Crippen molar-refractivity contribution in [3.8, 4) is 11.8 Å². The van der Waals surface area contributed by atoms with Gasteiger partial charge in [0, 0.05) is 12.7 Å². The first kappa shape index (κ1) is 22.7. The van der Waals surface area contributed by atoms with E-state index in [2.05, 4.69) is 31.0 Å². The molecule has 0 unspecified atom stereocenters. The topological polar surface area (TPSA) is 163 Å². The Morgan fingerprint density at radius 2 is 2.03 bits per heavy atom. The van der Waals surface area contributed by atoms with E-state index in [0.29, 0.717) is 5.56 Å². The van der Waals surface area contributed by atoms with E-state index in [1.165, 1.54) is 38.0 Å². The average molecular weight is 451 g/mol. The number of aliphatic hydroxyl groups is 2. The van der Waals surface area contributed by atoms with Crippen molar-refractivity contribution in [1.29, 1.82) is 0 Å². The quantitative estimate of drug-likeness (QED) is 0.400. The van der Waals surface area contributed by atoms with Gasteiger partial charge in [0.2, 0.25) is 0 Å². The van der Waals surface area contributed by atoms with Crippen molar-refractivity contribution in [2.45, 2.75) is 18.4 Å². The fraction of sp³-hybridized carbons (Fsp3) is 0.278. The second kappa shape index (κ2) is 9.43. The summed E-state index contributed by atoms with van der Waals surface area (Å²) in [7, 11) is -3.07. The minimum absolute atomic E-state index is 0.146. The van der Waals surface area contributed by atoms with Crippen LogP contribution in [0.25, 0.3) is 11.2 Å². The number of benzene rings is 1. The van der Waals surface area contributed by atoms with Gasteiger partial charge in [-0.3, -0.25) is 8.75 Å². The average Bonchev–Trinajstić information content (AvgIpc) is 3.16. The molecule has 0 fully saturated rings. The predicted octanol–water partition coefficient (Wildman–Crippen LogP) is -0.548. The van der Waals surface area contributed by atoms with Crippen LogP contribution >= 0.6 is 0 Å². The van der Waals surface area contributed by atoms with Crippen molar-refractivity contribution in [3.63, 3.8) is 0 Å². The van der Waals surface area contributed by atoms with Gasteiger partial charge in [0.05, 0.1) is 12.9 Å². The molecule has 4 N–H and O–H groups in total. The second-order valence-corrected chi connectivity index (χ2v) is 7.48. The Kier molecular flexibility index (Phi) is 6.91. The van der Waals surface area contributed by atoms with Crippen molar-refractivity contribution in [3.05, 3.63) is 54.0 Å². The lowest BCUT2D eigenvalue weighted by atomic mass is 10.2. The van der Waals surface area contributed by atoms with Crippen LogP contribution in [0.2, 0.25) is 0 Å². The van der Waals surface area contributed by atoms with E-state index in [-0.39, 0.29) is 16.9 Å². The fourth-order valence-electron chi connectivity index (χ4n) is 2.66. The van der Waals surface area contributed by atoms with Crippen LogP contribution in [-0.4, -0.2) is 64.1 Å². The highest BCUT2D eigenvalue weighted by Gasteiger charge is 2.30. The van der Waals surface area contributed by atoms with Crippen molar-refractivity contribution < 1.29 is 31.9 Å². The second-order valence-electron chi connectivity index (χ2n) is 6.26. The zero-order chi connectivity index (χ0) is 22.6. The monoisotopic (exact) mass is 451 g/mol. The van der Waals surface area contributed by atoms with Gasteiger partial charge in [0.25, 0.3) is 0 Å². The zero-order valence-corrected chi connectivity index (χ0v) is 16.9. The number of hydrogen-bond donors (Lipinski definition) is 3. The Hall–Kier alpha value is -2.99. The van der Waals surface area contributed by atoms with Crippen LogP contribution in [0.5, 0.6) is 0 Å². The van der Waals surface area contributed by atoms with Crippen molar-refractivity contribution in [1.82, 2.24) is 19.5 Å². The molecule has 13 heteroatoms. The summed E-state index contributed by atoms with van der Waals surface area (Å²) in [5.41, 5.74) is 1.02. The minimum atomic E-state index is -4.27. The lowest BCUT2D eigenvalue weighted by Gasteiger charge is -2.25. The highest BCUT2D eigenvalue weighted by atomic mass is 32.2. The number of rotatable bonds is 7. The van der Waals surface area contributed by atoms with Gasteiger partial charge in [-0.1, -0.05) is 12.0 Å². The summed E-state index contributed by atoms with van der Waals surface area (Å²) in [5.74, 6) is 5.11. The zero-order valence-electron chi connectivity index (χ0n) is 16.1. The van der Waals surface area contributed by atoms with E-state index in [9.17, 15) is 23.0 Å². The van der Waals surface area contributed by atoms with Crippen LogP contribution < -0.4 is 5.14 Å². The Labute approximate surface area is 176 Å². The molecule has 0 aliphatic carbocycles. The highest BCUT2D eigenvalue weighted by molar-refractivity contribution is 7.84. The summed E-state index contributed by atoms with van der Waals surface area (Å²) >= 11 is 0. The van der Waals surface area contributed by atoms with Gasteiger partial charge in [0.1, 0.15) is 35.6 Å². The third-order valence-electron chi connectivity index (χ3n) is 4.18. The van der Waals surface area contributed by atoms with Crippen molar-refractivity contribution in [2.75, 3.05) is 13.7 Å². The van der Waals surface area contributed by atoms with E-state index < -0.39 is 41.2 Å². The summed E-state index contributed by atoms with van der Waals surface area (Å²) in [6, 6.07) is 5.71. The molecule has 11 nitrogen and oxygen atoms in total. The van der Waals surface area contributed by atoms with Gasteiger partial charge in [0.15, 0.2) is 11.9 Å². The molecule has 2 heterocycles. The van der Waals surface area contributed by atoms with Gasteiger partial charge in [-0.15, -0.1) is 0 Å². The predicted molar refractivity (Wildman–Crippen MR) is 105 cm³/mol. The van der Waals surface area contributed by atoms with Gasteiger partial charge >= 0.3 is 10.3 Å². The molecular formula is C18H18FN5O6S. The van der Waals surface area contributed by atoms with E-state index in [0.717, 1.165) is 4.57 Å². The Morgan fingerprint density at radius 1 is 1.26 bits per heavy atom. The third kappa shape index (κ3) is 5.58. The van der Waals surface area contributed by atoms with E-state index in [1.807, 2.05) is 0 Å². The summed E-state index contributed by atoms with van der Waals surface area (Å²) in [6.07, 6.45) is -2.10. The molecule has 1 aromatic carbocycles. The molecule has 0 spiro atoms. The molecule has 0 aliphatic rings. The van der Waals surface area contributed by atoms with E-state index in [4.69, 9.17) is 9.88 Å². The molecule has 0 amide bonds. The van der Waals surface area contributed by atoms with Crippen LogP contribution in [0.15, 0.2) is 36.9 Å². The molecule has 3 rings (SSSR count). The van der Waals surface area contributed by atoms with Crippen molar-refractivity contribution >= 4 is 21.5 Å². The van der Waals surface area contributed by atoms with Crippen LogP contribution in [0.4, 0.5) is 4.39 Å². The van der Waals surface area contributed by atoms with Crippen LogP contribution in [0, 0.1) is 17.7 Å². The number of aromatic nitrogens is 4. The Morgan fingerprint density at radius 3 is 2.71 bits per heavy atom. The minimum Gasteiger partial charge on any atom is -0.386 e. The maximum absolute atomic E-state index is 13.3.